The summed E-state index contributed by atoms with van der Waals surface area (Å²) in [5, 5.41) is 2.86. The molecule has 0 fully saturated rings. The summed E-state index contributed by atoms with van der Waals surface area (Å²) in [6, 6.07) is 4.41. The predicted molar refractivity (Wildman–Crippen MR) is 86.6 cm³/mol. The molecule has 0 aromatic heterocycles. The summed E-state index contributed by atoms with van der Waals surface area (Å²) < 4.78 is 5.86. The minimum absolute atomic E-state index is 0.0940. The van der Waals surface area contributed by atoms with Gasteiger partial charge in [0.1, 0.15) is 5.75 Å². The van der Waals surface area contributed by atoms with Crippen LogP contribution in [0.15, 0.2) is 12.1 Å². The minimum Gasteiger partial charge on any atom is -0.480 e. The van der Waals surface area contributed by atoms with Gasteiger partial charge >= 0.3 is 0 Å². The first-order chi connectivity index (χ1) is 9.70. The molecule has 4 nitrogen and oxygen atoms in total. The number of rotatable bonds is 6. The van der Waals surface area contributed by atoms with Crippen LogP contribution in [0.1, 0.15) is 44.4 Å². The molecule has 0 radical (unpaired) electrons. The van der Waals surface area contributed by atoms with Crippen molar-refractivity contribution in [3.05, 3.63) is 28.8 Å². The van der Waals surface area contributed by atoms with Crippen LogP contribution in [-0.2, 0) is 11.2 Å². The summed E-state index contributed by atoms with van der Waals surface area (Å²) in [6.07, 6.45) is 0.329. The summed E-state index contributed by atoms with van der Waals surface area (Å²) in [5.41, 5.74) is 9.12. The summed E-state index contributed by atoms with van der Waals surface area (Å²) in [5.74, 6) is 0.693. The molecule has 21 heavy (non-hydrogen) atoms. The molecular weight excluding hydrogens is 264 g/mol. The molecule has 0 spiro atoms. The van der Waals surface area contributed by atoms with Gasteiger partial charge in [0.25, 0.3) is 5.91 Å². The molecule has 1 aromatic rings. The van der Waals surface area contributed by atoms with Crippen LogP contribution < -0.4 is 15.8 Å². The van der Waals surface area contributed by atoms with E-state index < -0.39 is 6.10 Å². The molecule has 0 aliphatic carbocycles. The SMILES string of the molecule is Cc1cc(CC(C)N)cc(C)c1OC(C)C(=O)NC(C)C. The Kier molecular flexibility index (Phi) is 6.21. The highest BCUT2D eigenvalue weighted by atomic mass is 16.5. The van der Waals surface area contributed by atoms with Crippen LogP contribution >= 0.6 is 0 Å². The lowest BCUT2D eigenvalue weighted by Gasteiger charge is -2.20. The van der Waals surface area contributed by atoms with Crippen molar-refractivity contribution >= 4 is 5.91 Å². The second-order valence-electron chi connectivity index (χ2n) is 6.16. The monoisotopic (exact) mass is 292 g/mol. The molecular formula is C17H28N2O2. The number of ether oxygens (including phenoxy) is 1. The van der Waals surface area contributed by atoms with Crippen molar-refractivity contribution in [2.45, 2.75) is 66.2 Å². The molecule has 0 saturated heterocycles. The molecule has 2 unspecified atom stereocenters. The number of aryl methyl sites for hydroxylation is 2. The van der Waals surface area contributed by atoms with E-state index in [4.69, 9.17) is 10.5 Å². The van der Waals surface area contributed by atoms with Crippen LogP contribution in [0, 0.1) is 13.8 Å². The topological polar surface area (TPSA) is 64.3 Å². The average molecular weight is 292 g/mol. The molecule has 1 amide bonds. The first-order valence-electron chi connectivity index (χ1n) is 7.53. The number of amides is 1. The minimum atomic E-state index is -0.510. The summed E-state index contributed by atoms with van der Waals surface area (Å²) in [4.78, 5) is 11.9. The zero-order chi connectivity index (χ0) is 16.2. The molecule has 1 rings (SSSR count). The maximum Gasteiger partial charge on any atom is 0.260 e. The standard InChI is InChI=1S/C17H28N2O2/c1-10(2)19-17(20)14(6)21-16-11(3)7-15(8-12(16)4)9-13(5)18/h7-8,10,13-14H,9,18H2,1-6H3,(H,19,20). The highest BCUT2D eigenvalue weighted by molar-refractivity contribution is 5.81. The Balaban J connectivity index is 2.86. The molecule has 4 heteroatoms. The van der Waals surface area contributed by atoms with Crippen molar-refractivity contribution in [2.75, 3.05) is 0 Å². The molecule has 0 saturated carbocycles. The van der Waals surface area contributed by atoms with E-state index in [-0.39, 0.29) is 18.0 Å². The second-order valence-corrected chi connectivity index (χ2v) is 6.16. The van der Waals surface area contributed by atoms with E-state index in [9.17, 15) is 4.79 Å². The van der Waals surface area contributed by atoms with E-state index >= 15 is 0 Å². The van der Waals surface area contributed by atoms with Gasteiger partial charge in [0.05, 0.1) is 0 Å². The largest absolute Gasteiger partial charge is 0.480 e. The molecule has 0 heterocycles. The summed E-state index contributed by atoms with van der Waals surface area (Å²) in [6.45, 7) is 11.6. The smallest absolute Gasteiger partial charge is 0.260 e. The van der Waals surface area contributed by atoms with Crippen molar-refractivity contribution < 1.29 is 9.53 Å². The van der Waals surface area contributed by atoms with E-state index in [2.05, 4.69) is 17.4 Å². The molecule has 0 aliphatic heterocycles. The van der Waals surface area contributed by atoms with Crippen molar-refractivity contribution in [1.82, 2.24) is 5.32 Å². The molecule has 118 valence electrons. The van der Waals surface area contributed by atoms with Gasteiger partial charge in [-0.25, -0.2) is 0 Å². The van der Waals surface area contributed by atoms with Crippen LogP contribution in [0.4, 0.5) is 0 Å². The second kappa shape index (κ2) is 7.46. The van der Waals surface area contributed by atoms with E-state index in [1.807, 2.05) is 34.6 Å². The lowest BCUT2D eigenvalue weighted by molar-refractivity contribution is -0.127. The third-order valence-corrected chi connectivity index (χ3v) is 3.17. The van der Waals surface area contributed by atoms with Gasteiger partial charge in [0.2, 0.25) is 0 Å². The number of benzene rings is 1. The molecule has 3 N–H and O–H groups in total. The number of carbonyl (C=O) groups is 1. The Labute approximate surface area is 128 Å². The van der Waals surface area contributed by atoms with Gasteiger partial charge in [-0.3, -0.25) is 4.79 Å². The van der Waals surface area contributed by atoms with E-state index in [0.29, 0.717) is 0 Å². The number of carbonyl (C=O) groups excluding carboxylic acids is 1. The third-order valence-electron chi connectivity index (χ3n) is 3.17. The molecule has 1 aromatic carbocycles. The fourth-order valence-corrected chi connectivity index (χ4v) is 2.35. The summed E-state index contributed by atoms with van der Waals surface area (Å²) >= 11 is 0. The normalized spacial score (nSPS) is 13.9. The maximum absolute atomic E-state index is 11.9. The quantitative estimate of drug-likeness (QED) is 0.846. The average Bonchev–Trinajstić information content (AvgIpc) is 2.31. The lowest BCUT2D eigenvalue weighted by Crippen LogP contribution is -2.40. The number of nitrogens with two attached hydrogens (primary N) is 1. The lowest BCUT2D eigenvalue weighted by atomic mass is 10.0. The van der Waals surface area contributed by atoms with E-state index in [1.54, 1.807) is 6.92 Å². The van der Waals surface area contributed by atoms with Gasteiger partial charge in [-0.05, 0) is 64.7 Å². The van der Waals surface area contributed by atoms with Gasteiger partial charge < -0.3 is 15.8 Å². The first kappa shape index (κ1) is 17.5. The zero-order valence-corrected chi connectivity index (χ0v) is 14.0. The molecule has 2 atom stereocenters. The van der Waals surface area contributed by atoms with Crippen molar-refractivity contribution in [3.8, 4) is 5.75 Å². The first-order valence-corrected chi connectivity index (χ1v) is 7.53. The van der Waals surface area contributed by atoms with Crippen LogP contribution in [0.25, 0.3) is 0 Å². The zero-order valence-electron chi connectivity index (χ0n) is 14.0. The third kappa shape index (κ3) is 5.38. The van der Waals surface area contributed by atoms with Gasteiger partial charge in [-0.1, -0.05) is 12.1 Å². The Bertz CT molecular complexity index is 473. The van der Waals surface area contributed by atoms with Gasteiger partial charge in [-0.2, -0.15) is 0 Å². The summed E-state index contributed by atoms with van der Waals surface area (Å²) in [7, 11) is 0. The number of hydrogen-bond acceptors (Lipinski definition) is 3. The van der Waals surface area contributed by atoms with Gasteiger partial charge in [0.15, 0.2) is 6.10 Å². The number of hydrogen-bond donors (Lipinski definition) is 2. The Morgan fingerprint density at radius 3 is 2.14 bits per heavy atom. The highest BCUT2D eigenvalue weighted by Gasteiger charge is 2.18. The van der Waals surface area contributed by atoms with Crippen molar-refractivity contribution in [1.29, 1.82) is 0 Å². The van der Waals surface area contributed by atoms with Crippen LogP contribution in [0.2, 0.25) is 0 Å². The van der Waals surface area contributed by atoms with Crippen molar-refractivity contribution in [3.63, 3.8) is 0 Å². The highest BCUT2D eigenvalue weighted by Crippen LogP contribution is 2.26. The van der Waals surface area contributed by atoms with E-state index in [0.717, 1.165) is 23.3 Å². The van der Waals surface area contributed by atoms with Crippen LogP contribution in [0.5, 0.6) is 5.75 Å². The van der Waals surface area contributed by atoms with Crippen LogP contribution in [-0.4, -0.2) is 24.1 Å². The predicted octanol–water partition coefficient (Wildman–Crippen LogP) is 2.49. The fraction of sp³-hybridized carbons (Fsp3) is 0.588. The Hall–Kier alpha value is -1.55. The Morgan fingerprint density at radius 2 is 1.71 bits per heavy atom. The molecule has 0 bridgehead atoms. The van der Waals surface area contributed by atoms with Crippen molar-refractivity contribution in [2.24, 2.45) is 5.73 Å². The van der Waals surface area contributed by atoms with E-state index in [1.165, 1.54) is 5.56 Å². The number of nitrogens with one attached hydrogen (secondary N) is 1. The van der Waals surface area contributed by atoms with Crippen LogP contribution in [0.3, 0.4) is 0 Å². The Morgan fingerprint density at radius 1 is 1.19 bits per heavy atom. The van der Waals surface area contributed by atoms with Gasteiger partial charge in [0, 0.05) is 12.1 Å². The maximum atomic E-state index is 11.9. The fourth-order valence-electron chi connectivity index (χ4n) is 2.35. The van der Waals surface area contributed by atoms with Gasteiger partial charge in [-0.15, -0.1) is 0 Å². The molecule has 0 aliphatic rings.